The largest absolute Gasteiger partial charge is 0.503 e. The van der Waals surface area contributed by atoms with Crippen LogP contribution in [0.5, 0.6) is 11.5 Å². The van der Waals surface area contributed by atoms with Gasteiger partial charge in [0.15, 0.2) is 11.5 Å². The second-order valence-corrected chi connectivity index (χ2v) is 6.34. The molecule has 1 aliphatic heterocycles. The molecule has 19 heavy (non-hydrogen) atoms. The maximum absolute atomic E-state index is 9.94. The molecule has 6 heteroatoms. The molecule has 1 atom stereocenters. The highest BCUT2D eigenvalue weighted by atomic mass is 79.9. The first-order chi connectivity index (χ1) is 9.06. The molecule has 0 radical (unpaired) electrons. The van der Waals surface area contributed by atoms with Gasteiger partial charge in [0, 0.05) is 10.5 Å². The highest BCUT2D eigenvalue weighted by molar-refractivity contribution is 9.13. The lowest BCUT2D eigenvalue weighted by Gasteiger charge is -2.29. The maximum Gasteiger partial charge on any atom is 0.173 e. The summed E-state index contributed by atoms with van der Waals surface area (Å²) in [5.74, 6) is 0.976. The van der Waals surface area contributed by atoms with E-state index < -0.39 is 0 Å². The summed E-state index contributed by atoms with van der Waals surface area (Å²) in [6.45, 7) is 2.01. The van der Waals surface area contributed by atoms with Crippen LogP contribution >= 0.6 is 31.9 Å². The van der Waals surface area contributed by atoms with Crippen LogP contribution in [0.4, 0.5) is 0 Å². The molecule has 0 amide bonds. The fourth-order valence-electron chi connectivity index (χ4n) is 2.47. The minimum absolute atomic E-state index is 0.0673. The third kappa shape index (κ3) is 3.07. The minimum atomic E-state index is -0.0673. The third-order valence-corrected chi connectivity index (χ3v) is 5.80. The Hall–Kier alpha value is -0.300. The van der Waals surface area contributed by atoms with Crippen LogP contribution in [0.25, 0.3) is 0 Å². The Labute approximate surface area is 130 Å². The summed E-state index contributed by atoms with van der Waals surface area (Å²) in [4.78, 5) is 0. The number of hydrogen-bond donors (Lipinski definition) is 3. The molecule has 1 aromatic carbocycles. The Morgan fingerprint density at radius 3 is 2.58 bits per heavy atom. The molecule has 0 spiro atoms. The van der Waals surface area contributed by atoms with Gasteiger partial charge >= 0.3 is 0 Å². The van der Waals surface area contributed by atoms with Gasteiger partial charge in [0.05, 0.1) is 11.6 Å². The number of aromatic hydroxyl groups is 1. The molecular formula is C13H18Br2N2O2. The number of hydrogen-bond acceptors (Lipinski definition) is 4. The normalized spacial score (nSPS) is 18.3. The van der Waals surface area contributed by atoms with E-state index in [1.807, 2.05) is 6.07 Å². The van der Waals surface area contributed by atoms with Gasteiger partial charge in [0.25, 0.3) is 0 Å². The van der Waals surface area contributed by atoms with Crippen LogP contribution in [-0.4, -0.2) is 25.3 Å². The number of phenols is 1. The first kappa shape index (κ1) is 15.1. The molecule has 2 rings (SSSR count). The van der Waals surface area contributed by atoms with E-state index in [4.69, 9.17) is 10.5 Å². The van der Waals surface area contributed by atoms with Gasteiger partial charge in [-0.25, -0.2) is 0 Å². The fourth-order valence-corrected chi connectivity index (χ4v) is 3.46. The zero-order valence-electron chi connectivity index (χ0n) is 10.7. The lowest BCUT2D eigenvalue weighted by molar-refractivity contribution is 0.319. The van der Waals surface area contributed by atoms with Crippen molar-refractivity contribution in [1.82, 2.24) is 5.32 Å². The highest BCUT2D eigenvalue weighted by Gasteiger charge is 2.26. The summed E-state index contributed by atoms with van der Waals surface area (Å²) in [7, 11) is 1.54. The highest BCUT2D eigenvalue weighted by Crippen LogP contribution is 2.44. The van der Waals surface area contributed by atoms with E-state index in [1.54, 1.807) is 0 Å². The molecule has 0 aromatic heterocycles. The van der Waals surface area contributed by atoms with Gasteiger partial charge < -0.3 is 20.9 Å². The van der Waals surface area contributed by atoms with Crippen LogP contribution in [0.3, 0.4) is 0 Å². The van der Waals surface area contributed by atoms with Gasteiger partial charge in [-0.05, 0) is 75.3 Å². The number of benzene rings is 1. The third-order valence-electron chi connectivity index (χ3n) is 3.64. The molecule has 1 fully saturated rings. The van der Waals surface area contributed by atoms with Crippen LogP contribution in [0, 0.1) is 5.92 Å². The van der Waals surface area contributed by atoms with Gasteiger partial charge in [-0.3, -0.25) is 0 Å². The number of halogens is 2. The summed E-state index contributed by atoms with van der Waals surface area (Å²) >= 11 is 6.87. The van der Waals surface area contributed by atoms with Crippen molar-refractivity contribution in [2.45, 2.75) is 18.9 Å². The number of phenolic OH excluding ortho intramolecular Hbond substituents is 1. The number of nitrogens with two attached hydrogens (primary N) is 1. The van der Waals surface area contributed by atoms with Crippen molar-refractivity contribution in [2.75, 3.05) is 20.2 Å². The predicted molar refractivity (Wildman–Crippen MR) is 82.6 cm³/mol. The number of ether oxygens (including phenoxy) is 1. The second kappa shape index (κ2) is 6.43. The number of nitrogens with one attached hydrogen (secondary N) is 1. The van der Waals surface area contributed by atoms with Crippen molar-refractivity contribution < 1.29 is 9.84 Å². The Bertz CT molecular complexity index is 462. The monoisotopic (exact) mass is 392 g/mol. The van der Waals surface area contributed by atoms with Crippen molar-refractivity contribution >= 4 is 31.9 Å². The summed E-state index contributed by atoms with van der Waals surface area (Å²) < 4.78 is 6.58. The molecule has 4 N–H and O–H groups in total. The maximum atomic E-state index is 9.94. The summed E-state index contributed by atoms with van der Waals surface area (Å²) in [5, 5.41) is 13.3. The molecule has 0 bridgehead atoms. The van der Waals surface area contributed by atoms with Crippen LogP contribution in [-0.2, 0) is 0 Å². The minimum Gasteiger partial charge on any atom is -0.503 e. The standard InChI is InChI=1S/C13H18Br2N2O2/c1-19-9-6-8(10(14)11(15)13(9)18)12(16)7-2-4-17-5-3-7/h6-7,12,17-18H,2-5,16H2,1H3/t12-/m1/s1. The van der Waals surface area contributed by atoms with Gasteiger partial charge in [-0.1, -0.05) is 0 Å². The summed E-state index contributed by atoms with van der Waals surface area (Å²) in [6.07, 6.45) is 2.13. The van der Waals surface area contributed by atoms with Gasteiger partial charge in [-0.2, -0.15) is 0 Å². The van der Waals surface area contributed by atoms with Gasteiger partial charge in [-0.15, -0.1) is 0 Å². The molecule has 106 valence electrons. The lowest BCUT2D eigenvalue weighted by Crippen LogP contribution is -2.34. The van der Waals surface area contributed by atoms with Crippen molar-refractivity contribution in [1.29, 1.82) is 0 Å². The van der Waals surface area contributed by atoms with Gasteiger partial charge in [0.1, 0.15) is 0 Å². The van der Waals surface area contributed by atoms with Crippen molar-refractivity contribution in [3.05, 3.63) is 20.6 Å². The van der Waals surface area contributed by atoms with E-state index in [0.717, 1.165) is 36.0 Å². The van der Waals surface area contributed by atoms with Crippen molar-refractivity contribution in [3.8, 4) is 11.5 Å². The second-order valence-electron chi connectivity index (χ2n) is 4.76. The first-order valence-corrected chi connectivity index (χ1v) is 7.86. The van der Waals surface area contributed by atoms with Crippen LogP contribution in [0.1, 0.15) is 24.4 Å². The Kier molecular flexibility index (Phi) is 5.11. The molecule has 1 aliphatic rings. The molecule has 1 aromatic rings. The molecule has 1 saturated heterocycles. The number of piperidine rings is 1. The van der Waals surface area contributed by atoms with Gasteiger partial charge in [0.2, 0.25) is 0 Å². The number of methoxy groups -OCH3 is 1. The molecule has 0 saturated carbocycles. The van der Waals surface area contributed by atoms with Crippen LogP contribution < -0.4 is 15.8 Å². The Morgan fingerprint density at radius 2 is 2.00 bits per heavy atom. The van der Waals surface area contributed by atoms with E-state index in [2.05, 4.69) is 37.2 Å². The number of rotatable bonds is 3. The van der Waals surface area contributed by atoms with E-state index in [0.29, 0.717) is 16.1 Å². The molecular weight excluding hydrogens is 376 g/mol. The van der Waals surface area contributed by atoms with Crippen molar-refractivity contribution in [3.63, 3.8) is 0 Å². The zero-order chi connectivity index (χ0) is 14.0. The average molecular weight is 394 g/mol. The molecule has 1 heterocycles. The van der Waals surface area contributed by atoms with Crippen LogP contribution in [0.15, 0.2) is 15.0 Å². The summed E-state index contributed by atoms with van der Waals surface area (Å²) in [5.41, 5.74) is 7.36. The van der Waals surface area contributed by atoms with E-state index in [-0.39, 0.29) is 11.8 Å². The topological polar surface area (TPSA) is 67.5 Å². The SMILES string of the molecule is COc1cc([C@H](N)C2CCNCC2)c(Br)c(Br)c1O. The van der Waals surface area contributed by atoms with Crippen molar-refractivity contribution in [2.24, 2.45) is 11.7 Å². The lowest BCUT2D eigenvalue weighted by atomic mass is 9.86. The van der Waals surface area contributed by atoms with Crippen LogP contribution in [0.2, 0.25) is 0 Å². The predicted octanol–water partition coefficient (Wildman–Crippen LogP) is 2.93. The average Bonchev–Trinajstić information content (AvgIpc) is 2.45. The Balaban J connectivity index is 2.35. The quantitative estimate of drug-likeness (QED) is 0.738. The molecule has 0 aliphatic carbocycles. The van der Waals surface area contributed by atoms with E-state index in [1.165, 1.54) is 7.11 Å². The Morgan fingerprint density at radius 1 is 1.37 bits per heavy atom. The molecule has 4 nitrogen and oxygen atoms in total. The zero-order valence-corrected chi connectivity index (χ0v) is 13.9. The first-order valence-electron chi connectivity index (χ1n) is 6.27. The van der Waals surface area contributed by atoms with E-state index >= 15 is 0 Å². The summed E-state index contributed by atoms with van der Waals surface area (Å²) in [6, 6.07) is 1.75. The fraction of sp³-hybridized carbons (Fsp3) is 0.538. The van der Waals surface area contributed by atoms with E-state index in [9.17, 15) is 5.11 Å². The smallest absolute Gasteiger partial charge is 0.173 e. The molecule has 0 unspecified atom stereocenters.